The van der Waals surface area contributed by atoms with E-state index in [-0.39, 0.29) is 5.91 Å². The number of nitrogens with two attached hydrogens (primary N) is 1. The molecule has 1 unspecified atom stereocenters. The van der Waals surface area contributed by atoms with Crippen LogP contribution in [0.25, 0.3) is 0 Å². The molecule has 0 radical (unpaired) electrons. The predicted octanol–water partition coefficient (Wildman–Crippen LogP) is 2.46. The molecule has 0 spiro atoms. The van der Waals surface area contributed by atoms with Gasteiger partial charge in [0.2, 0.25) is 5.91 Å². The average molecular weight is 275 g/mol. The number of hydrogen-bond acceptors (Lipinski definition) is 3. The van der Waals surface area contributed by atoms with Gasteiger partial charge >= 0.3 is 0 Å². The second kappa shape index (κ2) is 6.75. The van der Waals surface area contributed by atoms with Gasteiger partial charge in [0.05, 0.1) is 0 Å². The van der Waals surface area contributed by atoms with E-state index in [9.17, 15) is 4.79 Å². The zero-order chi connectivity index (χ0) is 14.5. The summed E-state index contributed by atoms with van der Waals surface area (Å²) >= 11 is 0. The number of carbonyl (C=O) groups is 1. The summed E-state index contributed by atoms with van der Waals surface area (Å²) in [6.45, 7) is 6.82. The van der Waals surface area contributed by atoms with Crippen LogP contribution in [0.3, 0.4) is 0 Å². The van der Waals surface area contributed by atoms with Gasteiger partial charge in [-0.25, -0.2) is 0 Å². The monoisotopic (exact) mass is 275 g/mol. The van der Waals surface area contributed by atoms with Crippen molar-refractivity contribution in [2.75, 3.05) is 18.4 Å². The van der Waals surface area contributed by atoms with Crippen molar-refractivity contribution < 1.29 is 4.79 Å². The van der Waals surface area contributed by atoms with Crippen LogP contribution in [-0.4, -0.2) is 36.0 Å². The Kier molecular flexibility index (Phi) is 5.01. The highest BCUT2D eigenvalue weighted by Crippen LogP contribution is 2.19. The van der Waals surface area contributed by atoms with E-state index in [0.29, 0.717) is 17.6 Å². The van der Waals surface area contributed by atoms with Crippen LogP contribution >= 0.6 is 0 Å². The molecule has 1 aliphatic heterocycles. The molecule has 1 fully saturated rings. The second-order valence-corrected chi connectivity index (χ2v) is 5.85. The molecule has 1 amide bonds. The molecule has 1 aromatic rings. The Balaban J connectivity index is 1.96. The topological polar surface area (TPSA) is 58.4 Å². The standard InChI is InChI=1S/C16H25N3O/c1-12(2)19-9-4-7-14(8-10-19)18-15-6-3-5-13(11-15)16(17)20/h3,5-6,11-12,14,18H,4,7-10H2,1-2H3,(H2,17,20). The minimum atomic E-state index is -0.375. The van der Waals surface area contributed by atoms with Crippen molar-refractivity contribution in [1.29, 1.82) is 0 Å². The zero-order valence-corrected chi connectivity index (χ0v) is 12.4. The van der Waals surface area contributed by atoms with E-state index in [0.717, 1.165) is 18.7 Å². The van der Waals surface area contributed by atoms with Crippen molar-refractivity contribution in [3.8, 4) is 0 Å². The molecule has 0 bridgehead atoms. The summed E-state index contributed by atoms with van der Waals surface area (Å²) in [5, 5.41) is 3.54. The fraction of sp³-hybridized carbons (Fsp3) is 0.562. The van der Waals surface area contributed by atoms with Crippen molar-refractivity contribution in [2.45, 2.75) is 45.2 Å². The molecule has 1 heterocycles. The maximum Gasteiger partial charge on any atom is 0.248 e. The molecule has 3 N–H and O–H groups in total. The lowest BCUT2D eigenvalue weighted by Gasteiger charge is -2.24. The van der Waals surface area contributed by atoms with Gasteiger partial charge < -0.3 is 16.0 Å². The van der Waals surface area contributed by atoms with Gasteiger partial charge in [-0.15, -0.1) is 0 Å². The number of nitrogens with zero attached hydrogens (tertiary/aromatic N) is 1. The molecule has 1 aromatic carbocycles. The van der Waals surface area contributed by atoms with E-state index in [2.05, 4.69) is 24.1 Å². The number of amides is 1. The summed E-state index contributed by atoms with van der Waals surface area (Å²) in [7, 11) is 0. The van der Waals surface area contributed by atoms with Crippen LogP contribution in [0, 0.1) is 0 Å². The highest BCUT2D eigenvalue weighted by Gasteiger charge is 2.18. The molecule has 0 saturated carbocycles. The molecular weight excluding hydrogens is 250 g/mol. The summed E-state index contributed by atoms with van der Waals surface area (Å²) in [5.74, 6) is -0.375. The number of benzene rings is 1. The number of rotatable bonds is 4. The Morgan fingerprint density at radius 2 is 2.15 bits per heavy atom. The Labute approximate surface area is 121 Å². The summed E-state index contributed by atoms with van der Waals surface area (Å²) in [5.41, 5.74) is 6.87. The predicted molar refractivity (Wildman–Crippen MR) is 82.9 cm³/mol. The van der Waals surface area contributed by atoms with Crippen molar-refractivity contribution in [1.82, 2.24) is 4.90 Å². The van der Waals surface area contributed by atoms with Crippen LogP contribution < -0.4 is 11.1 Å². The number of likely N-dealkylation sites (tertiary alicyclic amines) is 1. The van der Waals surface area contributed by atoms with Gasteiger partial charge in [0, 0.05) is 29.9 Å². The van der Waals surface area contributed by atoms with Gasteiger partial charge in [-0.05, 0) is 57.9 Å². The van der Waals surface area contributed by atoms with Crippen molar-refractivity contribution in [2.24, 2.45) is 5.73 Å². The number of carbonyl (C=O) groups excluding carboxylic acids is 1. The van der Waals surface area contributed by atoms with Gasteiger partial charge in [-0.3, -0.25) is 4.79 Å². The minimum absolute atomic E-state index is 0.375. The van der Waals surface area contributed by atoms with E-state index in [1.165, 1.54) is 19.4 Å². The smallest absolute Gasteiger partial charge is 0.248 e. The Morgan fingerprint density at radius 3 is 2.85 bits per heavy atom. The summed E-state index contributed by atoms with van der Waals surface area (Å²) in [4.78, 5) is 13.7. The fourth-order valence-corrected chi connectivity index (χ4v) is 2.78. The third kappa shape index (κ3) is 3.97. The van der Waals surface area contributed by atoms with Crippen LogP contribution in [0.2, 0.25) is 0 Å². The molecule has 1 aliphatic rings. The first-order valence-corrected chi connectivity index (χ1v) is 7.46. The molecule has 4 heteroatoms. The van der Waals surface area contributed by atoms with E-state index in [1.54, 1.807) is 6.07 Å². The fourth-order valence-electron chi connectivity index (χ4n) is 2.78. The van der Waals surface area contributed by atoms with Gasteiger partial charge in [-0.1, -0.05) is 6.07 Å². The van der Waals surface area contributed by atoms with Gasteiger partial charge in [-0.2, -0.15) is 0 Å². The molecule has 1 saturated heterocycles. The first kappa shape index (κ1) is 14.9. The highest BCUT2D eigenvalue weighted by atomic mass is 16.1. The molecular formula is C16H25N3O. The lowest BCUT2D eigenvalue weighted by atomic mass is 10.1. The molecule has 0 aliphatic carbocycles. The van der Waals surface area contributed by atoms with E-state index in [1.807, 2.05) is 18.2 Å². The lowest BCUT2D eigenvalue weighted by Crippen LogP contribution is -2.32. The molecule has 0 aromatic heterocycles. The Bertz CT molecular complexity index is 459. The SMILES string of the molecule is CC(C)N1CCCC(Nc2cccc(C(N)=O)c2)CC1. The third-order valence-corrected chi connectivity index (χ3v) is 4.01. The largest absolute Gasteiger partial charge is 0.382 e. The molecule has 2 rings (SSSR count). The van der Waals surface area contributed by atoms with Crippen LogP contribution in [0.15, 0.2) is 24.3 Å². The summed E-state index contributed by atoms with van der Waals surface area (Å²) < 4.78 is 0. The molecule has 1 atom stereocenters. The zero-order valence-electron chi connectivity index (χ0n) is 12.4. The average Bonchev–Trinajstić information content (AvgIpc) is 2.65. The first-order chi connectivity index (χ1) is 9.56. The van der Waals surface area contributed by atoms with Crippen molar-refractivity contribution in [3.63, 3.8) is 0 Å². The number of anilines is 1. The number of nitrogens with one attached hydrogen (secondary N) is 1. The van der Waals surface area contributed by atoms with Gasteiger partial charge in [0.15, 0.2) is 0 Å². The molecule has 4 nitrogen and oxygen atoms in total. The molecule has 110 valence electrons. The quantitative estimate of drug-likeness (QED) is 0.887. The van der Waals surface area contributed by atoms with Crippen LogP contribution in [0.5, 0.6) is 0 Å². The number of hydrogen-bond donors (Lipinski definition) is 2. The Morgan fingerprint density at radius 1 is 1.35 bits per heavy atom. The van der Waals surface area contributed by atoms with Gasteiger partial charge in [0.25, 0.3) is 0 Å². The lowest BCUT2D eigenvalue weighted by molar-refractivity contribution is 0.100. The van der Waals surface area contributed by atoms with Crippen LogP contribution in [-0.2, 0) is 0 Å². The highest BCUT2D eigenvalue weighted by molar-refractivity contribution is 5.93. The second-order valence-electron chi connectivity index (χ2n) is 5.85. The number of primary amides is 1. The minimum Gasteiger partial charge on any atom is -0.382 e. The van der Waals surface area contributed by atoms with Gasteiger partial charge in [0.1, 0.15) is 0 Å². The van der Waals surface area contributed by atoms with Crippen LogP contribution in [0.1, 0.15) is 43.5 Å². The Hall–Kier alpha value is -1.55. The van der Waals surface area contributed by atoms with Crippen molar-refractivity contribution >= 4 is 11.6 Å². The molecule has 20 heavy (non-hydrogen) atoms. The van der Waals surface area contributed by atoms with E-state index >= 15 is 0 Å². The van der Waals surface area contributed by atoms with E-state index in [4.69, 9.17) is 5.73 Å². The van der Waals surface area contributed by atoms with E-state index < -0.39 is 0 Å². The normalized spacial score (nSPS) is 20.6. The van der Waals surface area contributed by atoms with Crippen LogP contribution in [0.4, 0.5) is 5.69 Å². The summed E-state index contributed by atoms with van der Waals surface area (Å²) in [6, 6.07) is 8.56. The van der Waals surface area contributed by atoms with Crippen molar-refractivity contribution in [3.05, 3.63) is 29.8 Å². The third-order valence-electron chi connectivity index (χ3n) is 4.01. The maximum atomic E-state index is 11.2. The maximum absolute atomic E-state index is 11.2. The summed E-state index contributed by atoms with van der Waals surface area (Å²) in [6.07, 6.45) is 3.52. The first-order valence-electron chi connectivity index (χ1n) is 7.46.